The Hall–Kier alpha value is -4.20. The van der Waals surface area contributed by atoms with E-state index in [1.807, 2.05) is 32.0 Å². The van der Waals surface area contributed by atoms with Gasteiger partial charge in [-0.2, -0.15) is 0 Å². The smallest absolute Gasteiger partial charge is 0.870 e. The van der Waals surface area contributed by atoms with Crippen molar-refractivity contribution < 1.29 is 49.2 Å². The van der Waals surface area contributed by atoms with E-state index in [2.05, 4.69) is 0 Å². The normalized spacial score (nSPS) is 11.1. The van der Waals surface area contributed by atoms with Crippen LogP contribution in [0.1, 0.15) is 34.3 Å². The van der Waals surface area contributed by atoms with E-state index in [1.54, 1.807) is 67.0 Å². The minimum atomic E-state index is -1.05. The summed E-state index contributed by atoms with van der Waals surface area (Å²) in [7, 11) is 1.32. The molecule has 0 aliphatic heterocycles. The van der Waals surface area contributed by atoms with Crippen LogP contribution >= 0.6 is 0 Å². The molecule has 0 saturated carbocycles. The van der Waals surface area contributed by atoms with Crippen molar-refractivity contribution in [2.24, 2.45) is 0 Å². The van der Waals surface area contributed by atoms with Crippen LogP contribution in [-0.2, 0) is 14.3 Å². The van der Waals surface area contributed by atoms with Gasteiger partial charge in [-0.05, 0) is 36.1 Å². The summed E-state index contributed by atoms with van der Waals surface area (Å²) in [6.07, 6.45) is 3.23. The standard InChI is InChI=1S/C15H15NO3.C14H13NO3.Li.2H2O/c1-11-8-9-13(17)16(10-11)14(15(18)19-2)12-6-4-3-5-7-12;1-10-7-8-12(16)15(9-10)13(14(17)18)11-5-3-2-4-6-11;;;/h3-10,14H,1-2H3;2-9,13H,1H3,(H,17,18);;2*1H2/q;;+1;;/p-1. The van der Waals surface area contributed by atoms with Gasteiger partial charge in [0.1, 0.15) is 0 Å². The van der Waals surface area contributed by atoms with Crippen molar-refractivity contribution in [3.63, 3.8) is 0 Å². The number of aromatic nitrogens is 2. The number of aliphatic carboxylic acids is 1. The monoisotopic (exact) mass is 542 g/mol. The fraction of sp³-hybridized carbons (Fsp3) is 0.172. The first-order valence-electron chi connectivity index (χ1n) is 11.5. The van der Waals surface area contributed by atoms with Crippen LogP contribution < -0.4 is 30.0 Å². The summed E-state index contributed by atoms with van der Waals surface area (Å²) in [6, 6.07) is 22.3. The van der Waals surface area contributed by atoms with Crippen LogP contribution in [0.15, 0.2) is 107 Å². The summed E-state index contributed by atoms with van der Waals surface area (Å²) < 4.78 is 7.46. The average Bonchev–Trinajstić information content (AvgIpc) is 2.90. The topological polar surface area (TPSA) is 169 Å². The Kier molecular flexibility index (Phi) is 14.9. The second-order valence-electron chi connectivity index (χ2n) is 8.39. The summed E-state index contributed by atoms with van der Waals surface area (Å²) in [5, 5.41) is 9.34. The van der Waals surface area contributed by atoms with Gasteiger partial charge in [-0.1, -0.05) is 72.8 Å². The van der Waals surface area contributed by atoms with Gasteiger partial charge < -0.3 is 20.8 Å². The van der Waals surface area contributed by atoms with E-state index in [9.17, 15) is 24.3 Å². The fourth-order valence-electron chi connectivity index (χ4n) is 3.85. The van der Waals surface area contributed by atoms with Gasteiger partial charge >= 0.3 is 30.8 Å². The van der Waals surface area contributed by atoms with Crippen molar-refractivity contribution in [3.05, 3.63) is 140 Å². The quantitative estimate of drug-likeness (QED) is 0.259. The molecule has 2 unspecified atom stereocenters. The predicted molar refractivity (Wildman–Crippen MR) is 145 cm³/mol. The molecule has 2 aromatic heterocycles. The molecule has 0 spiro atoms. The molecule has 4 rings (SSSR count). The number of ether oxygens (including phenoxy) is 1. The third-order valence-electron chi connectivity index (χ3n) is 5.62. The zero-order chi connectivity index (χ0) is 26.9. The number of nitrogens with zero attached hydrogens (tertiary/aromatic N) is 2. The largest absolute Gasteiger partial charge is 1.00 e. The second kappa shape index (κ2) is 16.7. The number of methoxy groups -OCH3 is 1. The molecular formula is C29H31LiN2O8. The maximum absolute atomic E-state index is 12.0. The number of aryl methyl sites for hydroxylation is 2. The van der Waals surface area contributed by atoms with Crippen LogP contribution in [0.25, 0.3) is 0 Å². The Morgan fingerprint density at radius 1 is 0.700 bits per heavy atom. The van der Waals surface area contributed by atoms with Crippen molar-refractivity contribution >= 4 is 11.9 Å². The molecule has 2 heterocycles. The first-order valence-corrected chi connectivity index (χ1v) is 11.5. The van der Waals surface area contributed by atoms with Crippen LogP contribution in [-0.4, -0.2) is 44.2 Å². The molecule has 2 atom stereocenters. The number of carboxylic acids is 1. The van der Waals surface area contributed by atoms with Crippen LogP contribution in [0.2, 0.25) is 0 Å². The molecule has 0 radical (unpaired) electrons. The van der Waals surface area contributed by atoms with Gasteiger partial charge in [0, 0.05) is 24.5 Å². The molecule has 0 saturated heterocycles. The Morgan fingerprint density at radius 3 is 1.45 bits per heavy atom. The minimum Gasteiger partial charge on any atom is -0.870 e. The maximum atomic E-state index is 12.0. The number of carboxylic acid groups (broad SMARTS) is 1. The SMILES string of the molecule is COC(=O)C(c1ccccc1)n1cc(C)ccc1=O.Cc1ccc(=O)n(C(C(=O)O)c2ccccc2)c1.O.[Li+].[OH-]. The summed E-state index contributed by atoms with van der Waals surface area (Å²) in [4.78, 5) is 47.2. The summed E-state index contributed by atoms with van der Waals surface area (Å²) in [6.45, 7) is 3.69. The predicted octanol–water partition coefficient (Wildman–Crippen LogP) is -0.248. The molecule has 0 fully saturated rings. The first kappa shape index (κ1) is 35.8. The number of hydrogen-bond acceptors (Lipinski definition) is 6. The van der Waals surface area contributed by atoms with Gasteiger partial charge in [0.05, 0.1) is 7.11 Å². The van der Waals surface area contributed by atoms with Gasteiger partial charge in [0.15, 0.2) is 12.1 Å². The Balaban J connectivity index is 0.000000708. The molecule has 206 valence electrons. The number of carbonyl (C=O) groups excluding carboxylic acids is 1. The maximum Gasteiger partial charge on any atom is 1.00 e. The van der Waals surface area contributed by atoms with Crippen molar-refractivity contribution in [1.29, 1.82) is 0 Å². The Morgan fingerprint density at radius 2 is 1.07 bits per heavy atom. The number of carbonyl (C=O) groups is 2. The molecular weight excluding hydrogens is 511 g/mol. The van der Waals surface area contributed by atoms with Gasteiger partial charge in [-0.3, -0.25) is 18.7 Å². The van der Waals surface area contributed by atoms with Crippen molar-refractivity contribution in [2.75, 3.05) is 7.11 Å². The van der Waals surface area contributed by atoms with E-state index >= 15 is 0 Å². The van der Waals surface area contributed by atoms with Crippen LogP contribution in [0, 0.1) is 13.8 Å². The average molecular weight is 543 g/mol. The van der Waals surface area contributed by atoms with E-state index < -0.39 is 24.0 Å². The number of hydrogen-bond donors (Lipinski definition) is 1. The van der Waals surface area contributed by atoms with Crippen LogP contribution in [0.4, 0.5) is 0 Å². The molecule has 40 heavy (non-hydrogen) atoms. The van der Waals surface area contributed by atoms with E-state index in [0.717, 1.165) is 16.7 Å². The number of esters is 1. The molecule has 0 amide bonds. The van der Waals surface area contributed by atoms with Crippen LogP contribution in [0.5, 0.6) is 0 Å². The number of pyridine rings is 2. The molecule has 0 aliphatic carbocycles. The number of rotatable bonds is 6. The zero-order valence-corrected chi connectivity index (χ0v) is 22.7. The molecule has 2 aromatic carbocycles. The molecule has 4 aromatic rings. The van der Waals surface area contributed by atoms with Crippen LogP contribution in [0.3, 0.4) is 0 Å². The summed E-state index contributed by atoms with van der Waals surface area (Å²) in [5.74, 6) is -1.51. The molecule has 11 heteroatoms. The van der Waals surface area contributed by atoms with E-state index in [1.165, 1.54) is 28.4 Å². The van der Waals surface area contributed by atoms with E-state index in [-0.39, 0.29) is 40.9 Å². The molecule has 10 nitrogen and oxygen atoms in total. The Bertz CT molecular complexity index is 1490. The Labute approximate surface area is 243 Å². The zero-order valence-electron chi connectivity index (χ0n) is 22.7. The van der Waals surface area contributed by atoms with Crippen molar-refractivity contribution in [2.45, 2.75) is 25.9 Å². The summed E-state index contributed by atoms with van der Waals surface area (Å²) >= 11 is 0. The molecule has 0 bridgehead atoms. The van der Waals surface area contributed by atoms with Crippen molar-refractivity contribution in [1.82, 2.24) is 9.13 Å². The van der Waals surface area contributed by atoms with Gasteiger partial charge in [0.25, 0.3) is 11.1 Å². The van der Waals surface area contributed by atoms with Gasteiger partial charge in [-0.25, -0.2) is 9.59 Å². The van der Waals surface area contributed by atoms with E-state index in [0.29, 0.717) is 5.56 Å². The van der Waals surface area contributed by atoms with Gasteiger partial charge in [0.2, 0.25) is 0 Å². The molecule has 0 aliphatic rings. The number of benzene rings is 2. The molecule has 4 N–H and O–H groups in total. The van der Waals surface area contributed by atoms with Crippen molar-refractivity contribution in [3.8, 4) is 0 Å². The van der Waals surface area contributed by atoms with E-state index in [4.69, 9.17) is 4.74 Å². The summed E-state index contributed by atoms with van der Waals surface area (Å²) in [5.41, 5.74) is 2.50. The third-order valence-corrected chi connectivity index (χ3v) is 5.62. The second-order valence-corrected chi connectivity index (χ2v) is 8.39. The first-order chi connectivity index (χ1) is 17.7. The minimum absolute atomic E-state index is 0. The third kappa shape index (κ3) is 8.93. The fourth-order valence-corrected chi connectivity index (χ4v) is 3.85. The van der Waals surface area contributed by atoms with Gasteiger partial charge in [-0.15, -0.1) is 0 Å².